The molecule has 1 fully saturated rings. The molecule has 0 amide bonds. The highest BCUT2D eigenvalue weighted by molar-refractivity contribution is 7.94. The number of nitrogens with zero attached hydrogens (tertiary/aromatic N) is 2. The van der Waals surface area contributed by atoms with Crippen LogP contribution < -0.4 is 14.5 Å². The minimum atomic E-state index is -4.86. The van der Waals surface area contributed by atoms with Crippen LogP contribution in [0.5, 0.6) is 0 Å². The van der Waals surface area contributed by atoms with Gasteiger partial charge in [-0.3, -0.25) is 0 Å². The van der Waals surface area contributed by atoms with Gasteiger partial charge in [-0.05, 0) is 49.6 Å². The predicted octanol–water partition coefficient (Wildman–Crippen LogP) is 5.08. The summed E-state index contributed by atoms with van der Waals surface area (Å²) in [6, 6.07) is 8.45. The van der Waals surface area contributed by atoms with Gasteiger partial charge in [-0.15, -0.1) is 0 Å². The van der Waals surface area contributed by atoms with Crippen LogP contribution in [0.1, 0.15) is 24.8 Å². The van der Waals surface area contributed by atoms with Crippen LogP contribution in [0.15, 0.2) is 58.0 Å². The Kier molecular flexibility index (Phi) is 5.57. The van der Waals surface area contributed by atoms with E-state index in [4.69, 9.17) is 21.9 Å². The van der Waals surface area contributed by atoms with Crippen LogP contribution in [0.2, 0.25) is 0 Å². The number of sulfonamides is 1. The molecule has 1 aliphatic rings. The lowest BCUT2D eigenvalue weighted by atomic mass is 10.1. The monoisotopic (exact) mass is 473 g/mol. The average molecular weight is 474 g/mol. The summed E-state index contributed by atoms with van der Waals surface area (Å²) in [5, 5.41) is 0.551. The SMILES string of the molecule is NC1CCCCN1c1cc(N(Cl)S(=O)(=O)c2ccccc2C(F)(F)F)cc2ccoc12. The highest BCUT2D eigenvalue weighted by Gasteiger charge is 2.39. The summed E-state index contributed by atoms with van der Waals surface area (Å²) in [4.78, 5) is 0.959. The third-order valence-corrected chi connectivity index (χ3v) is 7.54. The number of piperidine rings is 1. The Bertz CT molecular complexity index is 1210. The summed E-state index contributed by atoms with van der Waals surface area (Å²) >= 11 is 6.17. The molecule has 166 valence electrons. The molecule has 0 spiro atoms. The minimum Gasteiger partial charge on any atom is -0.462 e. The molecule has 6 nitrogen and oxygen atoms in total. The van der Waals surface area contributed by atoms with E-state index in [1.165, 1.54) is 24.5 Å². The van der Waals surface area contributed by atoms with Gasteiger partial charge in [-0.1, -0.05) is 12.1 Å². The molecular weight excluding hydrogens is 455 g/mol. The van der Waals surface area contributed by atoms with Crippen molar-refractivity contribution in [2.24, 2.45) is 5.73 Å². The standard InChI is InChI=1S/C20H19ClF3N3O3S/c21-27(31(28,29)17-6-2-1-5-15(17)20(22,23)24)14-11-13-8-10-30-19(13)16(12-14)26-9-4-3-7-18(26)25/h1-2,5-6,8,10-12,18H,3-4,7,9,25H2. The Morgan fingerprint density at radius 2 is 1.90 bits per heavy atom. The fourth-order valence-electron chi connectivity index (χ4n) is 3.77. The molecule has 1 unspecified atom stereocenters. The van der Waals surface area contributed by atoms with Crippen LogP contribution in [0, 0.1) is 0 Å². The van der Waals surface area contributed by atoms with Crippen molar-refractivity contribution in [3.05, 3.63) is 54.3 Å². The van der Waals surface area contributed by atoms with E-state index in [-0.39, 0.29) is 11.9 Å². The van der Waals surface area contributed by atoms with E-state index in [1.54, 1.807) is 6.07 Å². The summed E-state index contributed by atoms with van der Waals surface area (Å²) < 4.78 is 72.2. The first-order valence-corrected chi connectivity index (χ1v) is 11.3. The van der Waals surface area contributed by atoms with Crippen molar-refractivity contribution in [3.63, 3.8) is 0 Å². The van der Waals surface area contributed by atoms with E-state index in [2.05, 4.69) is 0 Å². The number of hydrogen-bond donors (Lipinski definition) is 1. The van der Waals surface area contributed by atoms with Crippen molar-refractivity contribution in [2.75, 3.05) is 15.3 Å². The Morgan fingerprint density at radius 1 is 1.16 bits per heavy atom. The van der Waals surface area contributed by atoms with Crippen molar-refractivity contribution in [1.29, 1.82) is 0 Å². The van der Waals surface area contributed by atoms with E-state index in [9.17, 15) is 21.6 Å². The maximum Gasteiger partial charge on any atom is 0.417 e. The third-order valence-electron chi connectivity index (χ3n) is 5.26. The van der Waals surface area contributed by atoms with Crippen LogP contribution in [0.4, 0.5) is 24.5 Å². The highest BCUT2D eigenvalue weighted by Crippen LogP contribution is 2.40. The van der Waals surface area contributed by atoms with Gasteiger partial charge in [0.2, 0.25) is 0 Å². The molecule has 1 saturated heterocycles. The van der Waals surface area contributed by atoms with Gasteiger partial charge in [-0.25, -0.2) is 0 Å². The van der Waals surface area contributed by atoms with Crippen LogP contribution >= 0.6 is 11.8 Å². The molecule has 2 heterocycles. The van der Waals surface area contributed by atoms with Gasteiger partial charge in [0.1, 0.15) is 4.90 Å². The molecule has 0 radical (unpaired) electrons. The molecule has 1 aliphatic heterocycles. The number of nitrogens with two attached hydrogens (primary N) is 1. The Balaban J connectivity index is 1.83. The molecule has 1 atom stereocenters. The van der Waals surface area contributed by atoms with Crippen LogP contribution in [-0.4, -0.2) is 21.1 Å². The first-order valence-electron chi connectivity index (χ1n) is 9.51. The molecule has 11 heteroatoms. The van der Waals surface area contributed by atoms with Gasteiger partial charge in [0.15, 0.2) is 5.58 Å². The van der Waals surface area contributed by atoms with E-state index in [0.717, 1.165) is 31.4 Å². The molecule has 1 aromatic heterocycles. The van der Waals surface area contributed by atoms with Crippen molar-refractivity contribution >= 4 is 44.1 Å². The van der Waals surface area contributed by atoms with Crippen LogP contribution in [-0.2, 0) is 16.2 Å². The molecule has 0 saturated carbocycles. The number of halogens is 4. The number of benzene rings is 2. The summed E-state index contributed by atoms with van der Waals surface area (Å²) in [5.74, 6) is 0. The topological polar surface area (TPSA) is 79.8 Å². The molecule has 2 aromatic carbocycles. The van der Waals surface area contributed by atoms with Gasteiger partial charge in [-0.2, -0.15) is 25.4 Å². The fraction of sp³-hybridized carbons (Fsp3) is 0.300. The van der Waals surface area contributed by atoms with Crippen molar-refractivity contribution in [2.45, 2.75) is 36.5 Å². The lowest BCUT2D eigenvalue weighted by Crippen LogP contribution is -2.45. The van der Waals surface area contributed by atoms with E-state index in [0.29, 0.717) is 33.1 Å². The van der Waals surface area contributed by atoms with Gasteiger partial charge >= 0.3 is 6.18 Å². The molecule has 0 bridgehead atoms. The van der Waals surface area contributed by atoms with Gasteiger partial charge < -0.3 is 15.1 Å². The zero-order chi connectivity index (χ0) is 22.4. The maximum absolute atomic E-state index is 13.4. The highest BCUT2D eigenvalue weighted by atomic mass is 35.5. The first kappa shape index (κ1) is 21.8. The van der Waals surface area contributed by atoms with Gasteiger partial charge in [0, 0.05) is 23.7 Å². The molecule has 2 N–H and O–H groups in total. The molecule has 3 aromatic rings. The Hall–Kier alpha value is -2.43. The van der Waals surface area contributed by atoms with Gasteiger partial charge in [0.05, 0.1) is 29.4 Å². The second-order valence-electron chi connectivity index (χ2n) is 7.27. The molecule has 0 aliphatic carbocycles. The van der Waals surface area contributed by atoms with Crippen molar-refractivity contribution < 1.29 is 26.0 Å². The number of alkyl halides is 3. The lowest BCUT2D eigenvalue weighted by molar-refractivity contribution is -0.139. The summed E-state index contributed by atoms with van der Waals surface area (Å²) in [6.07, 6.45) is -1.12. The quantitative estimate of drug-likeness (QED) is 0.535. The first-order chi connectivity index (χ1) is 14.6. The normalized spacial score (nSPS) is 17.8. The smallest absolute Gasteiger partial charge is 0.417 e. The second kappa shape index (κ2) is 7.92. The number of fused-ring (bicyclic) bond motifs is 1. The average Bonchev–Trinajstić information content (AvgIpc) is 3.21. The minimum absolute atomic E-state index is 0.0136. The van der Waals surface area contributed by atoms with Gasteiger partial charge in [0.25, 0.3) is 10.0 Å². The van der Waals surface area contributed by atoms with E-state index in [1.807, 2.05) is 4.90 Å². The number of anilines is 2. The lowest BCUT2D eigenvalue weighted by Gasteiger charge is -2.35. The predicted molar refractivity (Wildman–Crippen MR) is 112 cm³/mol. The van der Waals surface area contributed by atoms with Crippen molar-refractivity contribution in [3.8, 4) is 0 Å². The second-order valence-corrected chi connectivity index (χ2v) is 9.57. The molecule has 4 rings (SSSR count). The third kappa shape index (κ3) is 3.95. The number of hydrogen-bond acceptors (Lipinski definition) is 5. The fourth-order valence-corrected chi connectivity index (χ4v) is 5.36. The molecule has 31 heavy (non-hydrogen) atoms. The summed E-state index contributed by atoms with van der Waals surface area (Å²) in [6.45, 7) is 0.631. The van der Waals surface area contributed by atoms with E-state index < -0.39 is 26.7 Å². The Labute approximate surface area is 182 Å². The zero-order valence-electron chi connectivity index (χ0n) is 16.1. The number of furan rings is 1. The van der Waals surface area contributed by atoms with Crippen molar-refractivity contribution in [1.82, 2.24) is 0 Å². The van der Waals surface area contributed by atoms with Crippen LogP contribution in [0.3, 0.4) is 0 Å². The molecular formula is C20H19ClF3N3O3S. The summed E-state index contributed by atoms with van der Waals surface area (Å²) in [5.41, 5.74) is 5.97. The Morgan fingerprint density at radius 3 is 2.61 bits per heavy atom. The number of rotatable bonds is 4. The van der Waals surface area contributed by atoms with Crippen LogP contribution in [0.25, 0.3) is 11.0 Å². The van der Waals surface area contributed by atoms with E-state index >= 15 is 0 Å². The largest absolute Gasteiger partial charge is 0.462 e. The summed E-state index contributed by atoms with van der Waals surface area (Å²) in [7, 11) is -4.72. The maximum atomic E-state index is 13.4. The zero-order valence-corrected chi connectivity index (χ0v) is 17.7.